The molecule has 11 heteroatoms. The molecule has 1 aliphatic rings. The summed E-state index contributed by atoms with van der Waals surface area (Å²) in [5, 5.41) is 2.65. The summed E-state index contributed by atoms with van der Waals surface area (Å²) in [6.45, 7) is 4.33. The standard InChI is InChI=1S/C26H24F3N5O3/c1-16-6-7-19(30-23(35)17-4-3-5-18(14-17)26(27,28)29)15-21(16)37-24-22-20(8-9-33(22)2)31-25(32-24)34-10-12-36-13-11-34/h3-9,14-15H,10-13H2,1-2H3,(H,30,35). The summed E-state index contributed by atoms with van der Waals surface area (Å²) in [4.78, 5) is 24.1. The molecule has 192 valence electrons. The molecule has 4 aromatic rings. The van der Waals surface area contributed by atoms with Crippen molar-refractivity contribution in [3.63, 3.8) is 0 Å². The summed E-state index contributed by atoms with van der Waals surface area (Å²) in [6.07, 6.45) is -2.67. The van der Waals surface area contributed by atoms with Gasteiger partial charge < -0.3 is 24.3 Å². The van der Waals surface area contributed by atoms with E-state index >= 15 is 0 Å². The van der Waals surface area contributed by atoms with Gasteiger partial charge in [-0.2, -0.15) is 18.2 Å². The Hall–Kier alpha value is -4.12. The van der Waals surface area contributed by atoms with Crippen LogP contribution in [0, 0.1) is 6.92 Å². The number of anilines is 2. The molecule has 5 rings (SSSR count). The van der Waals surface area contributed by atoms with Crippen LogP contribution in [0.3, 0.4) is 0 Å². The number of hydrogen-bond acceptors (Lipinski definition) is 6. The number of alkyl halides is 3. The number of benzene rings is 2. The van der Waals surface area contributed by atoms with Crippen LogP contribution < -0.4 is 15.0 Å². The zero-order valence-corrected chi connectivity index (χ0v) is 20.2. The Labute approximate surface area is 210 Å². The normalized spacial score (nSPS) is 14.1. The zero-order chi connectivity index (χ0) is 26.2. The van der Waals surface area contributed by atoms with Crippen molar-refractivity contribution in [3.8, 4) is 11.6 Å². The smallest absolute Gasteiger partial charge is 0.416 e. The fourth-order valence-electron chi connectivity index (χ4n) is 4.05. The Balaban J connectivity index is 1.43. The van der Waals surface area contributed by atoms with Crippen LogP contribution in [0.25, 0.3) is 11.0 Å². The number of rotatable bonds is 5. The first kappa shape index (κ1) is 24.6. The molecule has 37 heavy (non-hydrogen) atoms. The van der Waals surface area contributed by atoms with E-state index < -0.39 is 17.6 Å². The molecule has 8 nitrogen and oxygen atoms in total. The molecule has 0 radical (unpaired) electrons. The van der Waals surface area contributed by atoms with E-state index in [9.17, 15) is 18.0 Å². The fraction of sp³-hybridized carbons (Fsp3) is 0.269. The predicted octanol–water partition coefficient (Wildman–Crippen LogP) is 5.18. The lowest BCUT2D eigenvalue weighted by atomic mass is 10.1. The Kier molecular flexibility index (Phi) is 6.46. The SMILES string of the molecule is Cc1ccc(NC(=O)c2cccc(C(F)(F)F)c2)cc1Oc1nc(N2CCOCC2)nc2ccn(C)c12. The maximum Gasteiger partial charge on any atom is 0.416 e. The number of aryl methyl sites for hydroxylation is 2. The molecule has 0 aliphatic carbocycles. The number of halogens is 3. The number of carbonyl (C=O) groups is 1. The second kappa shape index (κ2) is 9.74. The molecule has 2 aromatic carbocycles. The number of aromatic nitrogens is 3. The molecule has 0 saturated carbocycles. The maximum absolute atomic E-state index is 13.1. The lowest BCUT2D eigenvalue weighted by molar-refractivity contribution is -0.137. The van der Waals surface area contributed by atoms with Gasteiger partial charge in [-0.3, -0.25) is 4.79 Å². The third kappa shape index (κ3) is 5.21. The van der Waals surface area contributed by atoms with Gasteiger partial charge in [0.2, 0.25) is 11.8 Å². The molecule has 2 aromatic heterocycles. The topological polar surface area (TPSA) is 81.5 Å². The maximum atomic E-state index is 13.1. The van der Waals surface area contributed by atoms with Gasteiger partial charge in [-0.15, -0.1) is 0 Å². The highest BCUT2D eigenvalue weighted by Gasteiger charge is 2.31. The summed E-state index contributed by atoms with van der Waals surface area (Å²) in [5.41, 5.74) is 1.59. The van der Waals surface area contributed by atoms with E-state index in [1.54, 1.807) is 18.2 Å². The molecule has 0 atom stereocenters. The molecular formula is C26H24F3N5O3. The van der Waals surface area contributed by atoms with Crippen molar-refractivity contribution in [1.29, 1.82) is 0 Å². The molecule has 1 aliphatic heterocycles. The summed E-state index contributed by atoms with van der Waals surface area (Å²) < 4.78 is 52.7. The van der Waals surface area contributed by atoms with Gasteiger partial charge in [0, 0.05) is 43.7 Å². The van der Waals surface area contributed by atoms with Crippen molar-refractivity contribution in [2.24, 2.45) is 7.05 Å². The average Bonchev–Trinajstić information content (AvgIpc) is 3.27. The Morgan fingerprint density at radius 1 is 1.08 bits per heavy atom. The van der Waals surface area contributed by atoms with E-state index in [-0.39, 0.29) is 5.56 Å². The van der Waals surface area contributed by atoms with Crippen LogP contribution in [-0.4, -0.2) is 46.7 Å². The van der Waals surface area contributed by atoms with Gasteiger partial charge in [-0.05, 0) is 42.8 Å². The molecule has 1 saturated heterocycles. The molecule has 1 fully saturated rings. The first-order chi connectivity index (χ1) is 17.7. The van der Waals surface area contributed by atoms with Crippen molar-refractivity contribution in [2.45, 2.75) is 13.1 Å². The quantitative estimate of drug-likeness (QED) is 0.398. The minimum Gasteiger partial charge on any atom is -0.437 e. The van der Waals surface area contributed by atoms with Gasteiger partial charge in [0.15, 0.2) is 0 Å². The minimum atomic E-state index is -4.54. The van der Waals surface area contributed by atoms with Gasteiger partial charge in [0.25, 0.3) is 5.91 Å². The second-order valence-corrected chi connectivity index (χ2v) is 8.70. The average molecular weight is 512 g/mol. The van der Waals surface area contributed by atoms with Gasteiger partial charge >= 0.3 is 6.18 Å². The van der Waals surface area contributed by atoms with E-state index in [1.807, 2.05) is 35.7 Å². The number of nitrogens with zero attached hydrogens (tertiary/aromatic N) is 4. The lowest BCUT2D eigenvalue weighted by Crippen LogP contribution is -2.37. The molecule has 1 N–H and O–H groups in total. The summed E-state index contributed by atoms with van der Waals surface area (Å²) in [6, 6.07) is 11.2. The first-order valence-corrected chi connectivity index (χ1v) is 11.6. The van der Waals surface area contributed by atoms with Crippen LogP contribution in [-0.2, 0) is 18.0 Å². The molecular weight excluding hydrogens is 487 g/mol. The fourth-order valence-corrected chi connectivity index (χ4v) is 4.05. The van der Waals surface area contributed by atoms with E-state index in [2.05, 4.69) is 15.3 Å². The van der Waals surface area contributed by atoms with E-state index in [0.717, 1.165) is 23.2 Å². The van der Waals surface area contributed by atoms with Gasteiger partial charge in [-0.1, -0.05) is 12.1 Å². The van der Waals surface area contributed by atoms with E-state index in [4.69, 9.17) is 9.47 Å². The molecule has 0 unspecified atom stereocenters. The van der Waals surface area contributed by atoms with Crippen LogP contribution in [0.5, 0.6) is 11.6 Å². The van der Waals surface area contributed by atoms with Crippen LogP contribution in [0.4, 0.5) is 24.8 Å². The number of amides is 1. The number of fused-ring (bicyclic) bond motifs is 1. The molecule has 3 heterocycles. The van der Waals surface area contributed by atoms with Gasteiger partial charge in [-0.25, -0.2) is 4.98 Å². The Morgan fingerprint density at radius 2 is 1.86 bits per heavy atom. The van der Waals surface area contributed by atoms with Crippen molar-refractivity contribution < 1.29 is 27.4 Å². The number of morpholine rings is 1. The molecule has 1 amide bonds. The number of nitrogens with one attached hydrogen (secondary N) is 1. The highest BCUT2D eigenvalue weighted by atomic mass is 19.4. The van der Waals surface area contributed by atoms with E-state index in [0.29, 0.717) is 55.1 Å². The minimum absolute atomic E-state index is 0.102. The number of hydrogen-bond donors (Lipinski definition) is 1. The largest absolute Gasteiger partial charge is 0.437 e. The predicted molar refractivity (Wildman–Crippen MR) is 132 cm³/mol. The summed E-state index contributed by atoms with van der Waals surface area (Å²) in [5.74, 6) is 0.658. The van der Waals surface area contributed by atoms with Crippen LogP contribution >= 0.6 is 0 Å². The Morgan fingerprint density at radius 3 is 2.62 bits per heavy atom. The number of carbonyl (C=O) groups excluding carboxylic acids is 1. The van der Waals surface area contributed by atoms with Crippen LogP contribution in [0.2, 0.25) is 0 Å². The van der Waals surface area contributed by atoms with Crippen LogP contribution in [0.1, 0.15) is 21.5 Å². The van der Waals surface area contributed by atoms with Crippen molar-refractivity contribution >= 4 is 28.6 Å². The highest BCUT2D eigenvalue weighted by molar-refractivity contribution is 6.04. The molecule has 0 spiro atoms. The first-order valence-electron chi connectivity index (χ1n) is 11.6. The van der Waals surface area contributed by atoms with Gasteiger partial charge in [0.05, 0.1) is 24.3 Å². The third-order valence-corrected chi connectivity index (χ3v) is 6.07. The lowest BCUT2D eigenvalue weighted by Gasteiger charge is -2.27. The second-order valence-electron chi connectivity index (χ2n) is 8.70. The van der Waals surface area contributed by atoms with E-state index in [1.165, 1.54) is 12.1 Å². The van der Waals surface area contributed by atoms with Crippen LogP contribution in [0.15, 0.2) is 54.7 Å². The highest BCUT2D eigenvalue weighted by Crippen LogP contribution is 2.34. The van der Waals surface area contributed by atoms with Gasteiger partial charge in [0.1, 0.15) is 11.3 Å². The monoisotopic (exact) mass is 511 g/mol. The third-order valence-electron chi connectivity index (χ3n) is 6.07. The van der Waals surface area contributed by atoms with Crippen molar-refractivity contribution in [1.82, 2.24) is 14.5 Å². The summed E-state index contributed by atoms with van der Waals surface area (Å²) in [7, 11) is 1.87. The zero-order valence-electron chi connectivity index (χ0n) is 20.2. The van der Waals surface area contributed by atoms with Crippen molar-refractivity contribution in [2.75, 3.05) is 36.5 Å². The summed E-state index contributed by atoms with van der Waals surface area (Å²) >= 11 is 0. The Bertz CT molecular complexity index is 1460. The molecule has 0 bridgehead atoms. The number of ether oxygens (including phenoxy) is 2. The van der Waals surface area contributed by atoms with Crippen molar-refractivity contribution in [3.05, 3.63) is 71.4 Å².